The lowest BCUT2D eigenvalue weighted by Crippen LogP contribution is -2.25. The molecule has 0 aromatic carbocycles. The monoisotopic (exact) mass is 140 g/mol. The first-order valence-electron chi connectivity index (χ1n) is 3.59. The Morgan fingerprint density at radius 2 is 2.20 bits per heavy atom. The Kier molecular flexibility index (Phi) is 1.67. The smallest absolute Gasteiger partial charge is 0.132 e. The van der Waals surface area contributed by atoms with Gasteiger partial charge in [-0.25, -0.2) is 4.39 Å². The standard InChI is InChI=1S/C9H13F/c1-7-4-5-8(2)9(3,10)6-7/h4-6,8H,1-3H3. The summed E-state index contributed by atoms with van der Waals surface area (Å²) in [5, 5.41) is 0. The van der Waals surface area contributed by atoms with Crippen molar-refractivity contribution in [3.05, 3.63) is 23.8 Å². The highest BCUT2D eigenvalue weighted by atomic mass is 19.1. The summed E-state index contributed by atoms with van der Waals surface area (Å²) in [6.07, 6.45) is 5.55. The van der Waals surface area contributed by atoms with Gasteiger partial charge in [0.05, 0.1) is 0 Å². The van der Waals surface area contributed by atoms with E-state index in [-0.39, 0.29) is 5.92 Å². The number of halogens is 1. The quantitative estimate of drug-likeness (QED) is 0.485. The zero-order valence-electron chi connectivity index (χ0n) is 6.69. The lowest BCUT2D eigenvalue weighted by molar-refractivity contribution is 0.198. The van der Waals surface area contributed by atoms with Gasteiger partial charge in [0.25, 0.3) is 0 Å². The van der Waals surface area contributed by atoms with Gasteiger partial charge in [-0.2, -0.15) is 0 Å². The maximum absolute atomic E-state index is 13.4. The van der Waals surface area contributed by atoms with Gasteiger partial charge >= 0.3 is 0 Å². The molecule has 1 heteroatoms. The fourth-order valence-electron chi connectivity index (χ4n) is 1.11. The number of allylic oxidation sites excluding steroid dienone is 4. The van der Waals surface area contributed by atoms with Crippen molar-refractivity contribution in [2.24, 2.45) is 5.92 Å². The topological polar surface area (TPSA) is 0 Å². The first-order chi connectivity index (χ1) is 4.52. The molecule has 0 aromatic heterocycles. The third-order valence-corrected chi connectivity index (χ3v) is 2.05. The lowest BCUT2D eigenvalue weighted by atomic mass is 9.86. The fourth-order valence-corrected chi connectivity index (χ4v) is 1.11. The molecule has 0 heterocycles. The van der Waals surface area contributed by atoms with Crippen LogP contribution in [0.25, 0.3) is 0 Å². The maximum atomic E-state index is 13.4. The summed E-state index contributed by atoms with van der Waals surface area (Å²) in [5.41, 5.74) is -0.123. The number of rotatable bonds is 0. The molecule has 10 heavy (non-hydrogen) atoms. The van der Waals surface area contributed by atoms with Crippen LogP contribution in [-0.2, 0) is 0 Å². The van der Waals surface area contributed by atoms with Crippen molar-refractivity contribution in [2.75, 3.05) is 0 Å². The van der Waals surface area contributed by atoms with E-state index in [9.17, 15) is 4.39 Å². The van der Waals surface area contributed by atoms with Gasteiger partial charge in [0.1, 0.15) is 5.67 Å². The second kappa shape index (κ2) is 2.22. The predicted octanol–water partition coefficient (Wildman–Crippen LogP) is 2.87. The van der Waals surface area contributed by atoms with E-state index in [0.717, 1.165) is 5.57 Å². The van der Waals surface area contributed by atoms with E-state index in [2.05, 4.69) is 0 Å². The third kappa shape index (κ3) is 1.28. The molecule has 0 spiro atoms. The molecule has 0 saturated carbocycles. The normalized spacial score (nSPS) is 39.6. The molecule has 0 aromatic rings. The van der Waals surface area contributed by atoms with Crippen LogP contribution in [0.1, 0.15) is 20.8 Å². The molecule has 2 unspecified atom stereocenters. The SMILES string of the molecule is CC1=CC(C)(F)C(C)C=C1. The first kappa shape index (κ1) is 7.52. The Hall–Kier alpha value is -0.590. The molecule has 0 radical (unpaired) electrons. The Morgan fingerprint density at radius 1 is 1.60 bits per heavy atom. The first-order valence-corrected chi connectivity index (χ1v) is 3.59. The summed E-state index contributed by atoms with van der Waals surface area (Å²) < 4.78 is 13.4. The van der Waals surface area contributed by atoms with Gasteiger partial charge in [-0.15, -0.1) is 0 Å². The summed E-state index contributed by atoms with van der Waals surface area (Å²) in [6.45, 7) is 5.42. The van der Waals surface area contributed by atoms with Crippen molar-refractivity contribution >= 4 is 0 Å². The summed E-state index contributed by atoms with van der Waals surface area (Å²) in [7, 11) is 0. The zero-order valence-corrected chi connectivity index (χ0v) is 6.69. The number of alkyl halides is 1. The van der Waals surface area contributed by atoms with Crippen LogP contribution < -0.4 is 0 Å². The summed E-state index contributed by atoms with van der Waals surface area (Å²) >= 11 is 0. The van der Waals surface area contributed by atoms with Gasteiger partial charge in [0.15, 0.2) is 0 Å². The molecule has 0 saturated heterocycles. The molecular formula is C9H13F. The minimum absolute atomic E-state index is 0.0104. The molecule has 1 aliphatic rings. The van der Waals surface area contributed by atoms with Gasteiger partial charge in [-0.3, -0.25) is 0 Å². The van der Waals surface area contributed by atoms with Gasteiger partial charge in [-0.05, 0) is 19.9 Å². The van der Waals surface area contributed by atoms with E-state index in [1.165, 1.54) is 0 Å². The van der Waals surface area contributed by atoms with E-state index in [4.69, 9.17) is 0 Å². The Labute approximate surface area is 61.4 Å². The third-order valence-electron chi connectivity index (χ3n) is 2.05. The molecule has 0 N–H and O–H groups in total. The van der Waals surface area contributed by atoms with Crippen LogP contribution in [0.15, 0.2) is 23.8 Å². The van der Waals surface area contributed by atoms with Gasteiger partial charge in [0, 0.05) is 5.92 Å². The molecule has 0 amide bonds. The number of hydrogen-bond acceptors (Lipinski definition) is 0. The lowest BCUT2D eigenvalue weighted by Gasteiger charge is -2.25. The van der Waals surface area contributed by atoms with E-state index >= 15 is 0 Å². The van der Waals surface area contributed by atoms with E-state index in [0.29, 0.717) is 0 Å². The number of hydrogen-bond donors (Lipinski definition) is 0. The molecule has 2 atom stereocenters. The van der Waals surface area contributed by atoms with Crippen LogP contribution in [0.5, 0.6) is 0 Å². The minimum atomic E-state index is -1.14. The molecule has 0 bridgehead atoms. The van der Waals surface area contributed by atoms with Gasteiger partial charge < -0.3 is 0 Å². The van der Waals surface area contributed by atoms with Crippen molar-refractivity contribution in [1.29, 1.82) is 0 Å². The minimum Gasteiger partial charge on any atom is -0.239 e. The largest absolute Gasteiger partial charge is 0.239 e. The summed E-state index contributed by atoms with van der Waals surface area (Å²) in [5.74, 6) is 0.0104. The Bertz CT molecular complexity index is 187. The van der Waals surface area contributed by atoms with Crippen molar-refractivity contribution in [2.45, 2.75) is 26.4 Å². The highest BCUT2D eigenvalue weighted by Gasteiger charge is 2.28. The second-order valence-electron chi connectivity index (χ2n) is 3.19. The van der Waals surface area contributed by atoms with Crippen molar-refractivity contribution in [1.82, 2.24) is 0 Å². The maximum Gasteiger partial charge on any atom is 0.132 e. The molecule has 1 aliphatic carbocycles. The Morgan fingerprint density at radius 3 is 2.60 bits per heavy atom. The Balaban J connectivity index is 2.88. The second-order valence-corrected chi connectivity index (χ2v) is 3.19. The van der Waals surface area contributed by atoms with Crippen LogP contribution in [0.3, 0.4) is 0 Å². The molecule has 0 aliphatic heterocycles. The van der Waals surface area contributed by atoms with Crippen molar-refractivity contribution in [3.8, 4) is 0 Å². The zero-order chi connectivity index (χ0) is 7.78. The summed E-state index contributed by atoms with van der Waals surface area (Å²) in [4.78, 5) is 0. The molecular weight excluding hydrogens is 127 g/mol. The average Bonchev–Trinajstić information content (AvgIpc) is 1.78. The molecule has 0 fully saturated rings. The van der Waals surface area contributed by atoms with Crippen LogP contribution >= 0.6 is 0 Å². The van der Waals surface area contributed by atoms with Crippen LogP contribution in [-0.4, -0.2) is 5.67 Å². The average molecular weight is 140 g/mol. The van der Waals surface area contributed by atoms with E-state index < -0.39 is 5.67 Å². The molecule has 0 nitrogen and oxygen atoms in total. The predicted molar refractivity (Wildman–Crippen MR) is 41.6 cm³/mol. The fraction of sp³-hybridized carbons (Fsp3) is 0.556. The van der Waals surface area contributed by atoms with Crippen molar-refractivity contribution in [3.63, 3.8) is 0 Å². The highest BCUT2D eigenvalue weighted by Crippen LogP contribution is 2.29. The van der Waals surface area contributed by atoms with Crippen LogP contribution in [0, 0.1) is 5.92 Å². The van der Waals surface area contributed by atoms with Crippen LogP contribution in [0.2, 0.25) is 0 Å². The van der Waals surface area contributed by atoms with Crippen LogP contribution in [0.4, 0.5) is 4.39 Å². The summed E-state index contributed by atoms with van der Waals surface area (Å²) in [6, 6.07) is 0. The molecule has 56 valence electrons. The van der Waals surface area contributed by atoms with E-state index in [1.807, 2.05) is 26.0 Å². The van der Waals surface area contributed by atoms with E-state index in [1.54, 1.807) is 13.0 Å². The van der Waals surface area contributed by atoms with Gasteiger partial charge in [-0.1, -0.05) is 24.6 Å². The highest BCUT2D eigenvalue weighted by molar-refractivity contribution is 5.27. The van der Waals surface area contributed by atoms with Gasteiger partial charge in [0.2, 0.25) is 0 Å². The molecule has 1 rings (SSSR count). The van der Waals surface area contributed by atoms with Crippen molar-refractivity contribution < 1.29 is 4.39 Å².